The molecule has 2 amide bonds. The van der Waals surface area contributed by atoms with Crippen LogP contribution in [0.1, 0.15) is 41.9 Å². The van der Waals surface area contributed by atoms with Crippen molar-refractivity contribution in [1.29, 1.82) is 0 Å². The standard InChI is InChI=1S/C23H27N5O3S/c1-13-4-6-18(15-5-7-19-17(9-15)27-20(32-19)12-31-3)28(11-13)23(30)22(29)26-16-8-14(2)21(24)25-10-16/h5,7-10,13,18H,4,6,11-12H2,1-3H3,(H2,24,25)(H,26,29)/t13-,18+/m1/s1. The van der Waals surface area contributed by atoms with Crippen molar-refractivity contribution in [3.63, 3.8) is 0 Å². The van der Waals surface area contributed by atoms with Gasteiger partial charge in [-0.2, -0.15) is 0 Å². The monoisotopic (exact) mass is 453 g/mol. The summed E-state index contributed by atoms with van der Waals surface area (Å²) in [6, 6.07) is 7.62. The lowest BCUT2D eigenvalue weighted by Gasteiger charge is -2.38. The van der Waals surface area contributed by atoms with Crippen LogP contribution in [-0.2, 0) is 20.9 Å². The van der Waals surface area contributed by atoms with Gasteiger partial charge in [0.15, 0.2) is 0 Å². The van der Waals surface area contributed by atoms with E-state index in [-0.39, 0.29) is 6.04 Å². The number of fused-ring (bicyclic) bond motifs is 1. The van der Waals surface area contributed by atoms with Crippen molar-refractivity contribution in [3.8, 4) is 0 Å². The molecule has 3 heterocycles. The number of methoxy groups -OCH3 is 1. The second-order valence-corrected chi connectivity index (χ2v) is 9.42. The number of nitrogens with zero attached hydrogens (tertiary/aromatic N) is 3. The van der Waals surface area contributed by atoms with Crippen LogP contribution < -0.4 is 11.1 Å². The molecule has 3 N–H and O–H groups in total. The van der Waals surface area contributed by atoms with Gasteiger partial charge in [0.2, 0.25) is 0 Å². The number of likely N-dealkylation sites (tertiary alicyclic amines) is 1. The van der Waals surface area contributed by atoms with E-state index < -0.39 is 11.8 Å². The van der Waals surface area contributed by atoms with Crippen LogP contribution in [0.3, 0.4) is 0 Å². The van der Waals surface area contributed by atoms with Crippen molar-refractivity contribution < 1.29 is 14.3 Å². The van der Waals surface area contributed by atoms with Gasteiger partial charge in [0.05, 0.1) is 34.7 Å². The van der Waals surface area contributed by atoms with Gasteiger partial charge in [0, 0.05) is 13.7 Å². The Morgan fingerprint density at radius 1 is 1.31 bits per heavy atom. The maximum absolute atomic E-state index is 13.2. The van der Waals surface area contributed by atoms with Crippen molar-refractivity contribution in [1.82, 2.24) is 14.9 Å². The molecule has 32 heavy (non-hydrogen) atoms. The molecule has 4 rings (SSSR count). The number of carbonyl (C=O) groups is 2. The van der Waals surface area contributed by atoms with E-state index in [2.05, 4.69) is 22.2 Å². The van der Waals surface area contributed by atoms with Gasteiger partial charge < -0.3 is 20.7 Å². The average Bonchev–Trinajstić information content (AvgIpc) is 3.17. The number of pyridine rings is 1. The summed E-state index contributed by atoms with van der Waals surface area (Å²) < 4.78 is 6.27. The molecule has 0 saturated carbocycles. The molecule has 1 fully saturated rings. The van der Waals surface area contributed by atoms with E-state index in [0.717, 1.165) is 39.2 Å². The van der Waals surface area contributed by atoms with Crippen LogP contribution in [0.2, 0.25) is 0 Å². The zero-order valence-corrected chi connectivity index (χ0v) is 19.2. The number of nitrogens with one attached hydrogen (secondary N) is 1. The van der Waals surface area contributed by atoms with Gasteiger partial charge in [0.25, 0.3) is 0 Å². The molecule has 1 saturated heterocycles. The van der Waals surface area contributed by atoms with E-state index >= 15 is 0 Å². The number of thiazole rings is 1. The van der Waals surface area contributed by atoms with E-state index in [4.69, 9.17) is 10.5 Å². The third-order valence-corrected chi connectivity index (χ3v) is 6.77. The van der Waals surface area contributed by atoms with Crippen LogP contribution in [-0.4, -0.2) is 40.3 Å². The number of aryl methyl sites for hydroxylation is 1. The molecule has 0 unspecified atom stereocenters. The Balaban J connectivity index is 1.57. The minimum Gasteiger partial charge on any atom is -0.383 e. The van der Waals surface area contributed by atoms with Gasteiger partial charge in [-0.1, -0.05) is 13.0 Å². The third kappa shape index (κ3) is 4.58. The Morgan fingerprint density at radius 3 is 2.88 bits per heavy atom. The zero-order valence-electron chi connectivity index (χ0n) is 18.4. The van der Waals surface area contributed by atoms with E-state index in [1.54, 1.807) is 36.3 Å². The number of anilines is 2. The Kier molecular flexibility index (Phi) is 6.38. The van der Waals surface area contributed by atoms with Gasteiger partial charge >= 0.3 is 11.8 Å². The molecule has 0 spiro atoms. The first-order chi connectivity index (χ1) is 15.4. The zero-order chi connectivity index (χ0) is 22.8. The van der Waals surface area contributed by atoms with Crippen LogP contribution in [0.4, 0.5) is 11.5 Å². The first-order valence-electron chi connectivity index (χ1n) is 10.6. The Hall–Kier alpha value is -3.04. The fourth-order valence-electron chi connectivity index (χ4n) is 4.08. The van der Waals surface area contributed by atoms with Gasteiger partial charge in [-0.25, -0.2) is 9.97 Å². The number of hydrogen-bond acceptors (Lipinski definition) is 7. The highest BCUT2D eigenvalue weighted by atomic mass is 32.1. The number of carbonyl (C=O) groups excluding carboxylic acids is 2. The Bertz CT molecular complexity index is 1160. The molecule has 0 bridgehead atoms. The summed E-state index contributed by atoms with van der Waals surface area (Å²) >= 11 is 1.60. The third-order valence-electron chi connectivity index (χ3n) is 5.76. The predicted octanol–water partition coefficient (Wildman–Crippen LogP) is 3.67. The lowest BCUT2D eigenvalue weighted by Crippen LogP contribution is -2.46. The molecule has 3 aromatic rings. The van der Waals surface area contributed by atoms with E-state index in [9.17, 15) is 9.59 Å². The SMILES string of the molecule is COCc1nc2cc([C@@H]3CC[C@@H](C)CN3C(=O)C(=O)Nc3cnc(N)c(C)c3)ccc2s1. The smallest absolute Gasteiger partial charge is 0.313 e. The van der Waals surface area contributed by atoms with Crippen molar-refractivity contribution in [3.05, 3.63) is 46.6 Å². The van der Waals surface area contributed by atoms with Crippen LogP contribution >= 0.6 is 11.3 Å². The quantitative estimate of drug-likeness (QED) is 0.583. The number of hydrogen-bond donors (Lipinski definition) is 2. The minimum atomic E-state index is -0.674. The first kappa shape index (κ1) is 22.2. The van der Waals surface area contributed by atoms with Crippen LogP contribution in [0.25, 0.3) is 10.2 Å². The fraction of sp³-hybridized carbons (Fsp3) is 0.391. The normalized spacial score (nSPS) is 18.7. The highest BCUT2D eigenvalue weighted by Gasteiger charge is 2.34. The van der Waals surface area contributed by atoms with Gasteiger partial charge in [0.1, 0.15) is 10.8 Å². The van der Waals surface area contributed by atoms with Crippen molar-refractivity contribution in [2.75, 3.05) is 24.7 Å². The molecule has 0 radical (unpaired) electrons. The lowest BCUT2D eigenvalue weighted by atomic mass is 9.89. The second kappa shape index (κ2) is 9.22. The van der Waals surface area contributed by atoms with E-state index in [1.807, 2.05) is 18.2 Å². The predicted molar refractivity (Wildman–Crippen MR) is 125 cm³/mol. The number of amides is 2. The largest absolute Gasteiger partial charge is 0.383 e. The fourth-order valence-corrected chi connectivity index (χ4v) is 5.00. The lowest BCUT2D eigenvalue weighted by molar-refractivity contribution is -0.146. The summed E-state index contributed by atoms with van der Waals surface area (Å²) in [6.45, 7) is 4.90. The Morgan fingerprint density at radius 2 is 2.12 bits per heavy atom. The number of nitrogens with two attached hydrogens (primary N) is 1. The van der Waals surface area contributed by atoms with Gasteiger partial charge in [-0.15, -0.1) is 11.3 Å². The maximum Gasteiger partial charge on any atom is 0.313 e. The second-order valence-electron chi connectivity index (χ2n) is 8.30. The summed E-state index contributed by atoms with van der Waals surface area (Å²) in [6.07, 6.45) is 3.24. The first-order valence-corrected chi connectivity index (χ1v) is 11.4. The van der Waals surface area contributed by atoms with Gasteiger partial charge in [-0.05, 0) is 55.0 Å². The molecule has 9 heteroatoms. The molecule has 1 aromatic carbocycles. The van der Waals surface area contributed by atoms with Crippen LogP contribution in [0.15, 0.2) is 30.5 Å². The molecular weight excluding hydrogens is 426 g/mol. The van der Waals surface area contributed by atoms with Gasteiger partial charge in [-0.3, -0.25) is 9.59 Å². The maximum atomic E-state index is 13.2. The number of aromatic nitrogens is 2. The van der Waals surface area contributed by atoms with Crippen LogP contribution in [0.5, 0.6) is 0 Å². The summed E-state index contributed by atoms with van der Waals surface area (Å²) in [5.41, 5.74) is 8.81. The Labute approximate surface area is 190 Å². The number of nitrogen functional groups attached to an aromatic ring is 1. The molecule has 2 aromatic heterocycles. The molecule has 8 nitrogen and oxygen atoms in total. The van der Waals surface area contributed by atoms with E-state index in [0.29, 0.717) is 30.6 Å². The van der Waals surface area contributed by atoms with E-state index in [1.165, 1.54) is 6.20 Å². The van der Waals surface area contributed by atoms with Crippen molar-refractivity contribution in [2.24, 2.45) is 5.92 Å². The number of piperidine rings is 1. The molecule has 1 aliphatic rings. The number of rotatable bonds is 4. The summed E-state index contributed by atoms with van der Waals surface area (Å²) in [5, 5.41) is 3.58. The number of ether oxygens (including phenoxy) is 1. The highest BCUT2D eigenvalue weighted by Crippen LogP contribution is 2.35. The molecule has 0 aliphatic carbocycles. The minimum absolute atomic E-state index is 0.173. The topological polar surface area (TPSA) is 110 Å². The van der Waals surface area contributed by atoms with Crippen LogP contribution in [0, 0.1) is 12.8 Å². The number of benzene rings is 1. The molecular formula is C23H27N5O3S. The summed E-state index contributed by atoms with van der Waals surface area (Å²) in [5.74, 6) is -0.508. The van der Waals surface area contributed by atoms with Crippen molar-refractivity contribution >= 4 is 44.9 Å². The summed E-state index contributed by atoms with van der Waals surface area (Å²) in [7, 11) is 1.65. The van der Waals surface area contributed by atoms with Crippen molar-refractivity contribution in [2.45, 2.75) is 39.3 Å². The molecule has 2 atom stereocenters. The average molecular weight is 454 g/mol. The molecule has 1 aliphatic heterocycles. The summed E-state index contributed by atoms with van der Waals surface area (Å²) in [4.78, 5) is 36.3. The molecule has 168 valence electrons. The highest BCUT2D eigenvalue weighted by molar-refractivity contribution is 7.18.